The molecular formula is C22H28ClN3O5S. The number of morpholine rings is 1. The van der Waals surface area contributed by atoms with E-state index in [4.69, 9.17) is 21.1 Å². The van der Waals surface area contributed by atoms with Gasteiger partial charge in [-0.1, -0.05) is 11.6 Å². The average Bonchev–Trinajstić information content (AvgIpc) is 2.81. The summed E-state index contributed by atoms with van der Waals surface area (Å²) in [5.74, 6) is 0.166. The zero-order valence-electron chi connectivity index (χ0n) is 18.0. The predicted octanol–water partition coefficient (Wildman–Crippen LogP) is 2.38. The van der Waals surface area contributed by atoms with Gasteiger partial charge in [-0.2, -0.15) is 0 Å². The van der Waals surface area contributed by atoms with Crippen molar-refractivity contribution >= 4 is 33.2 Å². The number of hydrogen-bond acceptors (Lipinski definition) is 6. The van der Waals surface area contributed by atoms with Crippen LogP contribution in [-0.2, 0) is 19.6 Å². The van der Waals surface area contributed by atoms with E-state index in [-0.39, 0.29) is 17.3 Å². The Kier molecular flexibility index (Phi) is 8.75. The summed E-state index contributed by atoms with van der Waals surface area (Å²) in [4.78, 5) is 15.0. The van der Waals surface area contributed by atoms with E-state index in [0.717, 1.165) is 43.6 Å². The van der Waals surface area contributed by atoms with Crippen LogP contribution in [0.1, 0.15) is 6.42 Å². The van der Waals surface area contributed by atoms with Gasteiger partial charge in [0.2, 0.25) is 5.91 Å². The van der Waals surface area contributed by atoms with Crippen molar-refractivity contribution in [2.45, 2.75) is 11.3 Å². The number of amides is 1. The maximum absolute atomic E-state index is 13.3. The highest BCUT2D eigenvalue weighted by molar-refractivity contribution is 7.92. The molecule has 8 nitrogen and oxygen atoms in total. The van der Waals surface area contributed by atoms with Crippen LogP contribution in [0.25, 0.3) is 0 Å². The molecule has 1 saturated heterocycles. The number of halogens is 1. The molecule has 2 aromatic rings. The number of carbonyl (C=O) groups is 1. The molecule has 0 atom stereocenters. The van der Waals surface area contributed by atoms with Gasteiger partial charge in [0.15, 0.2) is 0 Å². The van der Waals surface area contributed by atoms with Crippen LogP contribution in [0.2, 0.25) is 5.02 Å². The van der Waals surface area contributed by atoms with Gasteiger partial charge in [0.25, 0.3) is 10.0 Å². The van der Waals surface area contributed by atoms with E-state index in [1.165, 1.54) is 19.2 Å². The number of carbonyl (C=O) groups excluding carboxylic acids is 1. The van der Waals surface area contributed by atoms with Crippen molar-refractivity contribution in [1.82, 2.24) is 10.2 Å². The molecule has 2 aromatic carbocycles. The van der Waals surface area contributed by atoms with Crippen molar-refractivity contribution in [3.63, 3.8) is 0 Å². The van der Waals surface area contributed by atoms with Gasteiger partial charge >= 0.3 is 0 Å². The van der Waals surface area contributed by atoms with Gasteiger partial charge in [-0.3, -0.25) is 14.0 Å². The molecule has 1 amide bonds. The molecule has 0 aliphatic carbocycles. The summed E-state index contributed by atoms with van der Waals surface area (Å²) in [5.41, 5.74) is 0.355. The first kappa shape index (κ1) is 24.3. The highest BCUT2D eigenvalue weighted by atomic mass is 35.5. The number of ether oxygens (including phenoxy) is 2. The summed E-state index contributed by atoms with van der Waals surface area (Å²) in [6, 6.07) is 12.4. The molecule has 0 spiro atoms. The normalized spacial score (nSPS) is 14.7. The van der Waals surface area contributed by atoms with E-state index in [1.54, 1.807) is 36.4 Å². The fraction of sp³-hybridized carbons (Fsp3) is 0.409. The molecule has 10 heteroatoms. The largest absolute Gasteiger partial charge is 0.497 e. The van der Waals surface area contributed by atoms with E-state index in [9.17, 15) is 13.2 Å². The van der Waals surface area contributed by atoms with Crippen LogP contribution >= 0.6 is 11.6 Å². The Morgan fingerprint density at radius 2 is 1.78 bits per heavy atom. The van der Waals surface area contributed by atoms with E-state index in [2.05, 4.69) is 10.2 Å². The van der Waals surface area contributed by atoms with Crippen LogP contribution in [-0.4, -0.2) is 72.3 Å². The third-order valence-corrected chi connectivity index (χ3v) is 7.17. The molecule has 1 aliphatic rings. The minimum atomic E-state index is -3.98. The van der Waals surface area contributed by atoms with Crippen LogP contribution in [0.3, 0.4) is 0 Å². The molecule has 1 heterocycles. The van der Waals surface area contributed by atoms with Crippen molar-refractivity contribution in [3.05, 3.63) is 53.6 Å². The minimum Gasteiger partial charge on any atom is -0.497 e. The molecule has 0 saturated carbocycles. The second-order valence-electron chi connectivity index (χ2n) is 7.32. The van der Waals surface area contributed by atoms with Crippen LogP contribution in [0.15, 0.2) is 53.4 Å². The zero-order valence-corrected chi connectivity index (χ0v) is 19.6. The quantitative estimate of drug-likeness (QED) is 0.524. The van der Waals surface area contributed by atoms with Gasteiger partial charge in [-0.05, 0) is 61.5 Å². The van der Waals surface area contributed by atoms with E-state index in [0.29, 0.717) is 23.0 Å². The van der Waals surface area contributed by atoms with Crippen molar-refractivity contribution in [3.8, 4) is 5.75 Å². The number of rotatable bonds is 10. The monoisotopic (exact) mass is 481 g/mol. The third kappa shape index (κ3) is 6.59. The van der Waals surface area contributed by atoms with Crippen LogP contribution < -0.4 is 14.4 Å². The van der Waals surface area contributed by atoms with Gasteiger partial charge in [0.1, 0.15) is 12.3 Å². The number of hydrogen-bond donors (Lipinski definition) is 1. The maximum atomic E-state index is 13.3. The highest BCUT2D eigenvalue weighted by Gasteiger charge is 2.27. The summed E-state index contributed by atoms with van der Waals surface area (Å²) in [7, 11) is -2.48. The first-order valence-electron chi connectivity index (χ1n) is 10.4. The minimum absolute atomic E-state index is 0.0633. The Bertz CT molecular complexity index is 978. The predicted molar refractivity (Wildman–Crippen MR) is 124 cm³/mol. The standard InChI is InChI=1S/C22H28ClN3O5S/c1-30-20-7-9-21(10-8-20)32(28,29)26(19-5-3-18(23)4-6-19)17-22(27)24-11-2-12-25-13-15-31-16-14-25/h3-10H,2,11-17H2,1H3,(H,24,27). The molecule has 0 aromatic heterocycles. The Hall–Kier alpha value is -2.33. The summed E-state index contributed by atoms with van der Waals surface area (Å²) in [5, 5.41) is 3.30. The van der Waals surface area contributed by atoms with Crippen LogP contribution in [0.5, 0.6) is 5.75 Å². The molecule has 3 rings (SSSR count). The highest BCUT2D eigenvalue weighted by Crippen LogP contribution is 2.26. The summed E-state index contributed by atoms with van der Waals surface area (Å²) in [6.07, 6.45) is 0.776. The molecule has 1 N–H and O–H groups in total. The molecule has 174 valence electrons. The SMILES string of the molecule is COc1ccc(S(=O)(=O)N(CC(=O)NCCCN2CCOCC2)c2ccc(Cl)cc2)cc1. The summed E-state index contributed by atoms with van der Waals surface area (Å²) >= 11 is 5.96. The fourth-order valence-electron chi connectivity index (χ4n) is 3.34. The number of sulfonamides is 1. The second-order valence-corrected chi connectivity index (χ2v) is 9.62. The fourth-order valence-corrected chi connectivity index (χ4v) is 4.89. The third-order valence-electron chi connectivity index (χ3n) is 5.13. The average molecular weight is 482 g/mol. The smallest absolute Gasteiger partial charge is 0.264 e. The number of nitrogens with one attached hydrogen (secondary N) is 1. The lowest BCUT2D eigenvalue weighted by atomic mass is 10.3. The molecule has 1 fully saturated rings. The Labute approximate surface area is 194 Å². The molecule has 0 bridgehead atoms. The van der Waals surface area contributed by atoms with E-state index < -0.39 is 10.0 Å². The maximum Gasteiger partial charge on any atom is 0.264 e. The lowest BCUT2D eigenvalue weighted by Gasteiger charge is -2.26. The first-order chi connectivity index (χ1) is 15.4. The van der Waals surface area contributed by atoms with Crippen molar-refractivity contribution in [2.24, 2.45) is 0 Å². The molecule has 1 aliphatic heterocycles. The zero-order chi connectivity index (χ0) is 23.0. The van der Waals surface area contributed by atoms with Gasteiger partial charge in [0.05, 0.1) is 30.9 Å². The lowest BCUT2D eigenvalue weighted by Crippen LogP contribution is -2.42. The molecule has 0 unspecified atom stereocenters. The Morgan fingerprint density at radius 1 is 1.12 bits per heavy atom. The van der Waals surface area contributed by atoms with Crippen LogP contribution in [0.4, 0.5) is 5.69 Å². The first-order valence-corrected chi connectivity index (χ1v) is 12.2. The van der Waals surface area contributed by atoms with Gasteiger partial charge in [0, 0.05) is 24.7 Å². The van der Waals surface area contributed by atoms with Crippen molar-refractivity contribution in [1.29, 1.82) is 0 Å². The number of methoxy groups -OCH3 is 1. The van der Waals surface area contributed by atoms with E-state index >= 15 is 0 Å². The topological polar surface area (TPSA) is 88.2 Å². The van der Waals surface area contributed by atoms with E-state index in [1.807, 2.05) is 0 Å². The molecule has 32 heavy (non-hydrogen) atoms. The van der Waals surface area contributed by atoms with Gasteiger partial charge in [-0.15, -0.1) is 0 Å². The van der Waals surface area contributed by atoms with Crippen molar-refractivity contribution < 1.29 is 22.7 Å². The number of anilines is 1. The Morgan fingerprint density at radius 3 is 2.41 bits per heavy atom. The number of nitrogens with zero attached hydrogens (tertiary/aromatic N) is 2. The van der Waals surface area contributed by atoms with Gasteiger partial charge in [-0.25, -0.2) is 8.42 Å². The Balaban J connectivity index is 1.68. The lowest BCUT2D eigenvalue weighted by molar-refractivity contribution is -0.119. The molecule has 0 radical (unpaired) electrons. The summed E-state index contributed by atoms with van der Waals surface area (Å²) in [6.45, 7) is 4.21. The van der Waals surface area contributed by atoms with Crippen LogP contribution in [0, 0.1) is 0 Å². The second kappa shape index (κ2) is 11.5. The molecular weight excluding hydrogens is 454 g/mol. The van der Waals surface area contributed by atoms with Gasteiger partial charge < -0.3 is 14.8 Å². The number of benzene rings is 2. The summed E-state index contributed by atoms with van der Waals surface area (Å²) < 4.78 is 38.2. The van der Waals surface area contributed by atoms with Crippen molar-refractivity contribution in [2.75, 3.05) is 57.4 Å².